The second-order valence-electron chi connectivity index (χ2n) is 3.76. The van der Waals surface area contributed by atoms with Gasteiger partial charge in [-0.15, -0.1) is 0 Å². The van der Waals surface area contributed by atoms with Crippen molar-refractivity contribution in [2.45, 2.75) is 13.2 Å². The van der Waals surface area contributed by atoms with Crippen LogP contribution in [0.2, 0.25) is 0 Å². The van der Waals surface area contributed by atoms with Crippen molar-refractivity contribution in [2.24, 2.45) is 0 Å². The molecule has 0 aliphatic heterocycles. The Kier molecular flexibility index (Phi) is 4.39. The molecular formula is C13H10F2N4O. The van der Waals surface area contributed by atoms with E-state index >= 15 is 0 Å². The standard InChI is InChI=1S/C13H10F2N4O/c14-13(15)20-12-4-3-11(19-8-12)7-18-10-2-1-9(5-16)17-6-10/h1-4,6,8,13,18H,7H2. The lowest BCUT2D eigenvalue weighted by molar-refractivity contribution is -0.0500. The molecule has 0 aliphatic rings. The van der Waals surface area contributed by atoms with E-state index in [1.807, 2.05) is 6.07 Å². The van der Waals surface area contributed by atoms with Crippen molar-refractivity contribution in [2.75, 3.05) is 5.32 Å². The summed E-state index contributed by atoms with van der Waals surface area (Å²) in [6, 6.07) is 8.25. The summed E-state index contributed by atoms with van der Waals surface area (Å²) in [7, 11) is 0. The Balaban J connectivity index is 1.91. The van der Waals surface area contributed by atoms with Crippen molar-refractivity contribution in [3.05, 3.63) is 48.0 Å². The highest BCUT2D eigenvalue weighted by Gasteiger charge is 2.04. The molecule has 0 saturated carbocycles. The largest absolute Gasteiger partial charge is 0.433 e. The minimum Gasteiger partial charge on any atom is -0.433 e. The minimum absolute atomic E-state index is 0.0174. The van der Waals surface area contributed by atoms with Crippen LogP contribution < -0.4 is 10.1 Å². The number of anilines is 1. The highest BCUT2D eigenvalue weighted by molar-refractivity contribution is 5.43. The molecule has 0 atom stereocenters. The van der Waals surface area contributed by atoms with Gasteiger partial charge in [0.2, 0.25) is 0 Å². The Hall–Kier alpha value is -2.75. The third kappa shape index (κ3) is 3.88. The molecule has 0 bridgehead atoms. The van der Waals surface area contributed by atoms with Crippen LogP contribution in [0.5, 0.6) is 5.75 Å². The number of alkyl halides is 2. The van der Waals surface area contributed by atoms with Crippen LogP contribution in [0.4, 0.5) is 14.5 Å². The van der Waals surface area contributed by atoms with Crippen LogP contribution >= 0.6 is 0 Å². The summed E-state index contributed by atoms with van der Waals surface area (Å²) in [5.74, 6) is 0.0174. The average Bonchev–Trinajstić information content (AvgIpc) is 2.46. The number of pyridine rings is 2. The molecule has 2 aromatic heterocycles. The van der Waals surface area contributed by atoms with Gasteiger partial charge in [-0.3, -0.25) is 4.98 Å². The first kappa shape index (κ1) is 13.7. The zero-order valence-electron chi connectivity index (χ0n) is 10.3. The molecule has 20 heavy (non-hydrogen) atoms. The number of ether oxygens (including phenoxy) is 1. The molecule has 0 saturated heterocycles. The highest BCUT2D eigenvalue weighted by atomic mass is 19.3. The molecule has 0 amide bonds. The number of rotatable bonds is 5. The third-order valence-electron chi connectivity index (χ3n) is 2.37. The molecule has 2 heterocycles. The molecule has 7 heteroatoms. The van der Waals surface area contributed by atoms with Crippen LogP contribution in [0.15, 0.2) is 36.7 Å². The zero-order valence-corrected chi connectivity index (χ0v) is 10.3. The summed E-state index contributed by atoms with van der Waals surface area (Å²) in [5.41, 5.74) is 1.73. The summed E-state index contributed by atoms with van der Waals surface area (Å²) < 4.78 is 28.1. The molecular weight excluding hydrogens is 266 g/mol. The Morgan fingerprint density at radius 1 is 1.20 bits per heavy atom. The van der Waals surface area contributed by atoms with Gasteiger partial charge in [0.25, 0.3) is 0 Å². The van der Waals surface area contributed by atoms with Gasteiger partial charge in [0.1, 0.15) is 17.5 Å². The van der Waals surface area contributed by atoms with Crippen molar-refractivity contribution in [3.63, 3.8) is 0 Å². The monoisotopic (exact) mass is 276 g/mol. The topological polar surface area (TPSA) is 70.8 Å². The van der Waals surface area contributed by atoms with Crippen LogP contribution in [-0.4, -0.2) is 16.6 Å². The van der Waals surface area contributed by atoms with Crippen LogP contribution in [-0.2, 0) is 6.54 Å². The second kappa shape index (κ2) is 6.43. The van der Waals surface area contributed by atoms with Crippen molar-refractivity contribution < 1.29 is 13.5 Å². The van der Waals surface area contributed by atoms with Gasteiger partial charge in [0.05, 0.1) is 30.3 Å². The fourth-order valence-electron chi connectivity index (χ4n) is 1.45. The lowest BCUT2D eigenvalue weighted by Crippen LogP contribution is -2.04. The van der Waals surface area contributed by atoms with Crippen LogP contribution in [0.1, 0.15) is 11.4 Å². The predicted octanol–water partition coefficient (Wildman–Crippen LogP) is 2.56. The van der Waals surface area contributed by atoms with Crippen molar-refractivity contribution in [1.29, 1.82) is 5.26 Å². The van der Waals surface area contributed by atoms with E-state index in [1.165, 1.54) is 18.5 Å². The fourth-order valence-corrected chi connectivity index (χ4v) is 1.45. The van der Waals surface area contributed by atoms with Crippen LogP contribution in [0.3, 0.4) is 0 Å². The van der Waals surface area contributed by atoms with Crippen LogP contribution in [0.25, 0.3) is 0 Å². The van der Waals surface area contributed by atoms with E-state index in [4.69, 9.17) is 5.26 Å². The highest BCUT2D eigenvalue weighted by Crippen LogP contribution is 2.13. The Morgan fingerprint density at radius 3 is 2.60 bits per heavy atom. The smallest absolute Gasteiger partial charge is 0.387 e. The van der Waals surface area contributed by atoms with Crippen LogP contribution in [0, 0.1) is 11.3 Å². The van der Waals surface area contributed by atoms with Gasteiger partial charge >= 0.3 is 6.61 Å². The van der Waals surface area contributed by atoms with Gasteiger partial charge in [0, 0.05) is 0 Å². The molecule has 2 rings (SSSR count). The number of nitriles is 1. The Labute approximate surface area is 113 Å². The maximum absolute atomic E-state index is 12.0. The maximum atomic E-state index is 12.0. The van der Waals surface area contributed by atoms with E-state index in [9.17, 15) is 8.78 Å². The van der Waals surface area contributed by atoms with Gasteiger partial charge in [-0.25, -0.2) is 4.98 Å². The Morgan fingerprint density at radius 2 is 2.05 bits per heavy atom. The fraction of sp³-hybridized carbons (Fsp3) is 0.154. The molecule has 0 spiro atoms. The van der Waals surface area contributed by atoms with E-state index in [-0.39, 0.29) is 5.75 Å². The first-order valence-corrected chi connectivity index (χ1v) is 5.67. The molecule has 2 aromatic rings. The molecule has 0 aromatic carbocycles. The first-order chi connectivity index (χ1) is 9.67. The van der Waals surface area contributed by atoms with Gasteiger partial charge in [-0.05, 0) is 24.3 Å². The average molecular weight is 276 g/mol. The zero-order chi connectivity index (χ0) is 14.4. The molecule has 5 nitrogen and oxygen atoms in total. The summed E-state index contributed by atoms with van der Waals surface area (Å²) in [6.45, 7) is -2.45. The lowest BCUT2D eigenvalue weighted by atomic mass is 10.3. The molecule has 1 N–H and O–H groups in total. The third-order valence-corrected chi connectivity index (χ3v) is 2.37. The summed E-state index contributed by atoms with van der Waals surface area (Å²) in [4.78, 5) is 7.90. The maximum Gasteiger partial charge on any atom is 0.387 e. The number of aromatic nitrogens is 2. The predicted molar refractivity (Wildman–Crippen MR) is 67.1 cm³/mol. The van der Waals surface area contributed by atoms with Crippen molar-refractivity contribution in [1.82, 2.24) is 9.97 Å². The van der Waals surface area contributed by atoms with Crippen molar-refractivity contribution >= 4 is 5.69 Å². The first-order valence-electron chi connectivity index (χ1n) is 5.67. The van der Waals surface area contributed by atoms with Gasteiger partial charge in [-0.2, -0.15) is 14.0 Å². The van der Waals surface area contributed by atoms with Gasteiger partial charge in [-0.1, -0.05) is 0 Å². The molecule has 0 radical (unpaired) electrons. The quantitative estimate of drug-likeness (QED) is 0.908. The number of hydrogen-bond acceptors (Lipinski definition) is 5. The second-order valence-corrected chi connectivity index (χ2v) is 3.76. The van der Waals surface area contributed by atoms with E-state index in [1.54, 1.807) is 18.2 Å². The lowest BCUT2D eigenvalue weighted by Gasteiger charge is -2.07. The summed E-state index contributed by atoms with van der Waals surface area (Å²) in [6.07, 6.45) is 2.77. The SMILES string of the molecule is N#Cc1ccc(NCc2ccc(OC(F)F)cn2)cn1. The minimum atomic E-state index is -2.86. The van der Waals surface area contributed by atoms with Gasteiger partial charge in [0.15, 0.2) is 0 Å². The van der Waals surface area contributed by atoms with Gasteiger partial charge < -0.3 is 10.1 Å². The molecule has 0 unspecified atom stereocenters. The van der Waals surface area contributed by atoms with E-state index in [0.29, 0.717) is 17.9 Å². The Bertz CT molecular complexity index is 593. The number of hydrogen-bond donors (Lipinski definition) is 1. The number of nitrogens with zero attached hydrogens (tertiary/aromatic N) is 3. The van der Waals surface area contributed by atoms with E-state index < -0.39 is 6.61 Å². The number of halogens is 2. The molecule has 102 valence electrons. The summed E-state index contributed by atoms with van der Waals surface area (Å²) in [5, 5.41) is 11.7. The normalized spacial score (nSPS) is 10.1. The molecule has 0 fully saturated rings. The number of nitrogens with one attached hydrogen (secondary N) is 1. The summed E-state index contributed by atoms with van der Waals surface area (Å²) >= 11 is 0. The van der Waals surface area contributed by atoms with E-state index in [0.717, 1.165) is 5.69 Å². The molecule has 0 aliphatic carbocycles. The van der Waals surface area contributed by atoms with E-state index in [2.05, 4.69) is 20.0 Å². The van der Waals surface area contributed by atoms with Crippen molar-refractivity contribution in [3.8, 4) is 11.8 Å².